The number of nitrogens with one attached hydrogen (secondary N) is 1. The Bertz CT molecular complexity index is 1260. The van der Waals surface area contributed by atoms with Crippen molar-refractivity contribution < 1.29 is 14.6 Å². The summed E-state index contributed by atoms with van der Waals surface area (Å²) in [6.07, 6.45) is 1.72. The van der Waals surface area contributed by atoms with E-state index in [1.54, 1.807) is 18.3 Å². The van der Waals surface area contributed by atoms with Crippen LogP contribution in [0.3, 0.4) is 0 Å². The van der Waals surface area contributed by atoms with Crippen molar-refractivity contribution in [1.82, 2.24) is 14.8 Å². The zero-order valence-corrected chi connectivity index (χ0v) is 18.2. The molecule has 0 saturated carbocycles. The van der Waals surface area contributed by atoms with Gasteiger partial charge in [-0.1, -0.05) is 18.2 Å². The van der Waals surface area contributed by atoms with Gasteiger partial charge in [0.05, 0.1) is 18.5 Å². The Labute approximate surface area is 186 Å². The molecule has 0 aliphatic rings. The summed E-state index contributed by atoms with van der Waals surface area (Å²) in [5, 5.41) is 17.3. The minimum Gasteiger partial charge on any atom is -0.496 e. The summed E-state index contributed by atoms with van der Waals surface area (Å²) in [5.41, 5.74) is 5.92. The zero-order valence-electron chi connectivity index (χ0n) is 18.2. The maximum Gasteiger partial charge on any atom is 0.339 e. The molecule has 2 N–H and O–H groups in total. The number of rotatable bonds is 7. The summed E-state index contributed by atoms with van der Waals surface area (Å²) in [6.45, 7) is 4.64. The van der Waals surface area contributed by atoms with Crippen LogP contribution in [-0.4, -0.2) is 33.0 Å². The van der Waals surface area contributed by atoms with E-state index in [1.165, 1.54) is 7.11 Å². The molecule has 2 heterocycles. The highest BCUT2D eigenvalue weighted by Crippen LogP contribution is 2.27. The highest BCUT2D eigenvalue weighted by Gasteiger charge is 2.12. The topological polar surface area (TPSA) is 89.3 Å². The van der Waals surface area contributed by atoms with E-state index in [1.807, 2.05) is 48.9 Å². The van der Waals surface area contributed by atoms with Crippen molar-refractivity contribution in [3.05, 3.63) is 89.4 Å². The van der Waals surface area contributed by atoms with Gasteiger partial charge in [0.1, 0.15) is 17.1 Å². The van der Waals surface area contributed by atoms with Crippen LogP contribution in [0.15, 0.2) is 66.9 Å². The van der Waals surface area contributed by atoms with E-state index in [0.717, 1.165) is 39.6 Å². The minimum absolute atomic E-state index is 0.120. The molecule has 0 saturated heterocycles. The molecule has 0 fully saturated rings. The molecule has 0 amide bonds. The summed E-state index contributed by atoms with van der Waals surface area (Å²) < 4.78 is 7.06. The minimum atomic E-state index is -1.03. The van der Waals surface area contributed by atoms with Crippen LogP contribution >= 0.6 is 0 Å². The summed E-state index contributed by atoms with van der Waals surface area (Å²) >= 11 is 0. The second kappa shape index (κ2) is 8.93. The lowest BCUT2D eigenvalue weighted by Crippen LogP contribution is -2.04. The van der Waals surface area contributed by atoms with Gasteiger partial charge < -0.3 is 15.2 Å². The maximum absolute atomic E-state index is 11.5. The number of carbonyl (C=O) groups is 1. The highest BCUT2D eigenvalue weighted by atomic mass is 16.5. The number of nitrogens with zero attached hydrogens (tertiary/aromatic N) is 3. The zero-order chi connectivity index (χ0) is 22.7. The number of hydrogen-bond acceptors (Lipinski definition) is 5. The lowest BCUT2D eigenvalue weighted by atomic mass is 10.0. The normalized spacial score (nSPS) is 10.7. The molecule has 32 heavy (non-hydrogen) atoms. The number of benzene rings is 2. The largest absolute Gasteiger partial charge is 0.496 e. The standard InChI is InChI=1S/C25H24N4O3/c1-16-11-17(2)29(28-16)21-6-4-5-18(12-21)14-26-24-10-8-20(15-27-24)19-7-9-23(32-3)22(13-19)25(30)31/h4-13,15H,14H2,1-3H3,(H,26,27)(H,30,31). The second-order valence-electron chi connectivity index (χ2n) is 7.51. The van der Waals surface area contributed by atoms with Gasteiger partial charge in [0, 0.05) is 24.0 Å². The average Bonchev–Trinajstić information content (AvgIpc) is 3.15. The van der Waals surface area contributed by atoms with Crippen molar-refractivity contribution in [3.63, 3.8) is 0 Å². The number of aromatic carboxylic acids is 1. The third kappa shape index (κ3) is 4.46. The molecule has 0 aliphatic carbocycles. The fourth-order valence-electron chi connectivity index (χ4n) is 3.60. The van der Waals surface area contributed by atoms with Crippen LogP contribution in [0.5, 0.6) is 5.75 Å². The van der Waals surface area contributed by atoms with Crippen LogP contribution < -0.4 is 10.1 Å². The van der Waals surface area contributed by atoms with Gasteiger partial charge in [0.2, 0.25) is 0 Å². The summed E-state index contributed by atoms with van der Waals surface area (Å²) in [5.74, 6) is 0.0325. The van der Waals surface area contributed by atoms with Crippen molar-refractivity contribution in [2.75, 3.05) is 12.4 Å². The summed E-state index contributed by atoms with van der Waals surface area (Å²) in [7, 11) is 1.45. The quantitative estimate of drug-likeness (QED) is 0.437. The number of methoxy groups -OCH3 is 1. The molecule has 0 spiro atoms. The van der Waals surface area contributed by atoms with Crippen molar-refractivity contribution in [3.8, 4) is 22.6 Å². The van der Waals surface area contributed by atoms with Crippen molar-refractivity contribution in [2.45, 2.75) is 20.4 Å². The van der Waals surface area contributed by atoms with Crippen LogP contribution in [0, 0.1) is 13.8 Å². The SMILES string of the molecule is COc1ccc(-c2ccc(NCc3cccc(-n4nc(C)cc4C)c3)nc2)cc1C(=O)O. The molecule has 162 valence electrons. The van der Waals surface area contributed by atoms with Crippen molar-refractivity contribution in [2.24, 2.45) is 0 Å². The number of carboxylic acid groups (broad SMARTS) is 1. The predicted octanol–water partition coefficient (Wildman–Crippen LogP) is 4.87. The van der Waals surface area contributed by atoms with E-state index in [2.05, 4.69) is 33.6 Å². The molecule has 0 radical (unpaired) electrons. The van der Waals surface area contributed by atoms with Crippen LogP contribution in [0.2, 0.25) is 0 Å². The number of hydrogen-bond donors (Lipinski definition) is 2. The molecule has 4 rings (SSSR count). The van der Waals surface area contributed by atoms with Gasteiger partial charge in [0.15, 0.2) is 0 Å². The molecule has 0 atom stereocenters. The van der Waals surface area contributed by atoms with E-state index in [-0.39, 0.29) is 5.56 Å². The van der Waals surface area contributed by atoms with Gasteiger partial charge in [-0.25, -0.2) is 14.5 Å². The van der Waals surface area contributed by atoms with Gasteiger partial charge in [-0.05, 0) is 67.4 Å². The molecule has 0 unspecified atom stereocenters. The number of aromatic nitrogens is 3. The maximum atomic E-state index is 11.5. The number of aryl methyl sites for hydroxylation is 2. The Kier molecular flexibility index (Phi) is 5.89. The monoisotopic (exact) mass is 428 g/mol. The summed E-state index contributed by atoms with van der Waals surface area (Å²) in [4.78, 5) is 15.9. The molecule has 2 aromatic carbocycles. The average molecular weight is 428 g/mol. The molecular formula is C25H24N4O3. The Morgan fingerprint density at radius 1 is 1.06 bits per heavy atom. The van der Waals surface area contributed by atoms with E-state index in [0.29, 0.717) is 12.3 Å². The van der Waals surface area contributed by atoms with E-state index in [4.69, 9.17) is 4.74 Å². The van der Waals surface area contributed by atoms with E-state index >= 15 is 0 Å². The first kappa shape index (κ1) is 21.1. The molecule has 0 aliphatic heterocycles. The van der Waals surface area contributed by atoms with Gasteiger partial charge in [-0.3, -0.25) is 0 Å². The fraction of sp³-hybridized carbons (Fsp3) is 0.160. The predicted molar refractivity (Wildman–Crippen MR) is 124 cm³/mol. The third-order valence-electron chi connectivity index (χ3n) is 5.17. The summed E-state index contributed by atoms with van der Waals surface area (Å²) in [6, 6.07) is 19.1. The van der Waals surface area contributed by atoms with E-state index < -0.39 is 5.97 Å². The Balaban J connectivity index is 1.47. The molecule has 0 bridgehead atoms. The Morgan fingerprint density at radius 2 is 1.88 bits per heavy atom. The Hall–Kier alpha value is -4.13. The highest BCUT2D eigenvalue weighted by molar-refractivity contribution is 5.92. The van der Waals surface area contributed by atoms with Crippen LogP contribution in [0.25, 0.3) is 16.8 Å². The fourth-order valence-corrected chi connectivity index (χ4v) is 3.60. The van der Waals surface area contributed by atoms with Gasteiger partial charge in [-0.15, -0.1) is 0 Å². The second-order valence-corrected chi connectivity index (χ2v) is 7.51. The molecular weight excluding hydrogens is 404 g/mol. The van der Waals surface area contributed by atoms with E-state index in [9.17, 15) is 9.90 Å². The van der Waals surface area contributed by atoms with Crippen LogP contribution in [0.1, 0.15) is 27.3 Å². The first-order valence-corrected chi connectivity index (χ1v) is 10.2. The first-order chi connectivity index (χ1) is 15.4. The Morgan fingerprint density at radius 3 is 2.53 bits per heavy atom. The first-order valence-electron chi connectivity index (χ1n) is 10.2. The number of anilines is 1. The van der Waals surface area contributed by atoms with Crippen LogP contribution in [-0.2, 0) is 6.54 Å². The third-order valence-corrected chi connectivity index (χ3v) is 5.17. The van der Waals surface area contributed by atoms with Crippen LogP contribution in [0.4, 0.5) is 5.82 Å². The van der Waals surface area contributed by atoms with Gasteiger partial charge in [0.25, 0.3) is 0 Å². The van der Waals surface area contributed by atoms with Crippen molar-refractivity contribution >= 4 is 11.8 Å². The molecule has 4 aromatic rings. The van der Waals surface area contributed by atoms with Gasteiger partial charge in [-0.2, -0.15) is 5.10 Å². The molecule has 2 aromatic heterocycles. The lowest BCUT2D eigenvalue weighted by Gasteiger charge is -2.10. The van der Waals surface area contributed by atoms with Crippen molar-refractivity contribution in [1.29, 1.82) is 0 Å². The molecule has 7 nitrogen and oxygen atoms in total. The van der Waals surface area contributed by atoms with Gasteiger partial charge >= 0.3 is 5.97 Å². The number of carboxylic acids is 1. The lowest BCUT2D eigenvalue weighted by molar-refractivity contribution is 0.0693. The number of pyridine rings is 1. The smallest absolute Gasteiger partial charge is 0.339 e. The molecule has 7 heteroatoms. The number of ether oxygens (including phenoxy) is 1.